The molecule has 2 aromatic rings. The Bertz CT molecular complexity index is 1240. The Morgan fingerprint density at radius 3 is 2.72 bits per heavy atom. The molecule has 6 nitrogen and oxygen atoms in total. The topological polar surface area (TPSA) is 108 Å². The molecule has 0 aliphatic heterocycles. The standard InChI is InChI=1S/C26H31N5O/c1-6-18-13-22-21(14-20(18)19-10-8-7-9-16(19)2)24(25(32)31-22)17(3)30-23(28)11-12-29-26(4,5)15-27/h7-14,18,20,28-29,31-32H,6H2,1-5H3/b12-11-,28-23?,30-17?. The highest BCUT2D eigenvalue weighted by atomic mass is 16.3. The van der Waals surface area contributed by atoms with Gasteiger partial charge in [0.1, 0.15) is 11.4 Å². The number of aryl methyl sites for hydroxylation is 1. The van der Waals surface area contributed by atoms with E-state index in [1.165, 1.54) is 17.2 Å². The maximum Gasteiger partial charge on any atom is 0.198 e. The second kappa shape index (κ2) is 9.27. The number of H-pyrrole nitrogens is 1. The van der Waals surface area contributed by atoms with Crippen LogP contribution in [-0.2, 0) is 0 Å². The van der Waals surface area contributed by atoms with Gasteiger partial charge in [-0.1, -0.05) is 43.3 Å². The first kappa shape index (κ1) is 23.1. The predicted octanol–water partition coefficient (Wildman–Crippen LogP) is 3.61. The lowest BCUT2D eigenvalue weighted by Crippen LogP contribution is -2.34. The van der Waals surface area contributed by atoms with E-state index in [4.69, 9.17) is 10.7 Å². The SMILES string of the molecule is CCC1C=c2[nH]c(O)c(C(C)=NC(=N)/C=C\NC(C)(C)C#N)c2=CC1c1ccccc1C. The van der Waals surface area contributed by atoms with Crippen LogP contribution in [-0.4, -0.2) is 27.2 Å². The average Bonchev–Trinajstić information content (AvgIpc) is 3.07. The number of nitriles is 1. The number of aliphatic imine (C=N–C) groups is 1. The summed E-state index contributed by atoms with van der Waals surface area (Å²) < 4.78 is 0. The summed E-state index contributed by atoms with van der Waals surface area (Å²) in [5.41, 5.74) is 2.98. The maximum absolute atomic E-state index is 10.7. The largest absolute Gasteiger partial charge is 0.494 e. The van der Waals surface area contributed by atoms with Crippen LogP contribution < -0.4 is 15.9 Å². The highest BCUT2D eigenvalue weighted by Crippen LogP contribution is 2.33. The van der Waals surface area contributed by atoms with E-state index >= 15 is 0 Å². The van der Waals surface area contributed by atoms with E-state index in [2.05, 4.69) is 65.6 Å². The molecule has 1 aliphatic carbocycles. The van der Waals surface area contributed by atoms with Gasteiger partial charge >= 0.3 is 0 Å². The van der Waals surface area contributed by atoms with Gasteiger partial charge in [0.25, 0.3) is 0 Å². The summed E-state index contributed by atoms with van der Waals surface area (Å²) in [7, 11) is 0. The van der Waals surface area contributed by atoms with Crippen LogP contribution in [0.15, 0.2) is 41.5 Å². The maximum atomic E-state index is 10.7. The van der Waals surface area contributed by atoms with Gasteiger partial charge in [-0.15, -0.1) is 0 Å². The van der Waals surface area contributed by atoms with E-state index in [9.17, 15) is 5.11 Å². The number of rotatable bonds is 6. The summed E-state index contributed by atoms with van der Waals surface area (Å²) in [6.45, 7) is 9.60. The zero-order valence-electron chi connectivity index (χ0n) is 19.3. The highest BCUT2D eigenvalue weighted by Gasteiger charge is 2.25. The first-order chi connectivity index (χ1) is 15.2. The molecule has 1 aromatic heterocycles. The Morgan fingerprint density at radius 2 is 2.06 bits per heavy atom. The third-order valence-corrected chi connectivity index (χ3v) is 5.87. The lowest BCUT2D eigenvalue weighted by atomic mass is 9.79. The molecule has 166 valence electrons. The minimum Gasteiger partial charge on any atom is -0.494 e. The van der Waals surface area contributed by atoms with Crippen LogP contribution in [0.5, 0.6) is 5.88 Å². The van der Waals surface area contributed by atoms with Crippen LogP contribution in [0.3, 0.4) is 0 Å². The Balaban J connectivity index is 2.00. The minimum absolute atomic E-state index is 0.0276. The molecule has 2 atom stereocenters. The number of aromatic nitrogens is 1. The van der Waals surface area contributed by atoms with Crippen molar-refractivity contribution in [1.82, 2.24) is 10.3 Å². The van der Waals surface area contributed by atoms with Crippen molar-refractivity contribution in [2.45, 2.75) is 52.5 Å². The van der Waals surface area contributed by atoms with Crippen LogP contribution in [0.4, 0.5) is 0 Å². The van der Waals surface area contributed by atoms with Crippen LogP contribution >= 0.6 is 0 Å². The fourth-order valence-electron chi connectivity index (χ4n) is 4.10. The van der Waals surface area contributed by atoms with Crippen molar-refractivity contribution in [2.75, 3.05) is 0 Å². The predicted molar refractivity (Wildman–Crippen MR) is 130 cm³/mol. The normalized spacial score (nSPS) is 18.4. The summed E-state index contributed by atoms with van der Waals surface area (Å²) in [4.78, 5) is 7.46. The van der Waals surface area contributed by atoms with Crippen molar-refractivity contribution in [3.63, 3.8) is 0 Å². The Labute approximate surface area is 189 Å². The monoisotopic (exact) mass is 429 g/mol. The molecule has 0 bridgehead atoms. The Morgan fingerprint density at radius 1 is 1.34 bits per heavy atom. The molecular weight excluding hydrogens is 398 g/mol. The van der Waals surface area contributed by atoms with E-state index in [-0.39, 0.29) is 17.6 Å². The highest BCUT2D eigenvalue weighted by molar-refractivity contribution is 6.09. The summed E-state index contributed by atoms with van der Waals surface area (Å²) >= 11 is 0. The van der Waals surface area contributed by atoms with E-state index in [1.807, 2.05) is 6.07 Å². The van der Waals surface area contributed by atoms with Gasteiger partial charge in [-0.2, -0.15) is 5.26 Å². The van der Waals surface area contributed by atoms with Gasteiger partial charge in [0, 0.05) is 22.7 Å². The van der Waals surface area contributed by atoms with Crippen molar-refractivity contribution in [3.05, 3.63) is 63.8 Å². The molecule has 1 heterocycles. The van der Waals surface area contributed by atoms with Crippen molar-refractivity contribution >= 4 is 23.7 Å². The number of fused-ring (bicyclic) bond motifs is 1. The van der Waals surface area contributed by atoms with Crippen molar-refractivity contribution in [1.29, 1.82) is 10.7 Å². The second-order valence-corrected chi connectivity index (χ2v) is 8.76. The second-order valence-electron chi connectivity index (χ2n) is 8.76. The molecule has 0 amide bonds. The van der Waals surface area contributed by atoms with Gasteiger partial charge < -0.3 is 15.4 Å². The molecule has 1 aromatic carbocycles. The molecule has 0 saturated carbocycles. The number of nitrogens with one attached hydrogen (secondary N) is 3. The molecule has 3 rings (SSSR count). The summed E-state index contributed by atoms with van der Waals surface area (Å²) in [5.74, 6) is 0.610. The third-order valence-electron chi connectivity index (χ3n) is 5.87. The summed E-state index contributed by atoms with van der Waals surface area (Å²) in [6.07, 6.45) is 8.44. The minimum atomic E-state index is -0.723. The van der Waals surface area contributed by atoms with E-state index in [1.54, 1.807) is 27.0 Å². The number of amidine groups is 1. The lowest BCUT2D eigenvalue weighted by molar-refractivity contribution is 0.455. The molecule has 6 heteroatoms. The molecule has 0 radical (unpaired) electrons. The zero-order chi connectivity index (χ0) is 23.5. The van der Waals surface area contributed by atoms with Crippen LogP contribution in [0.25, 0.3) is 12.2 Å². The quantitative estimate of drug-likeness (QED) is 0.416. The molecular formula is C26H31N5O. The van der Waals surface area contributed by atoms with Crippen LogP contribution in [0.1, 0.15) is 56.7 Å². The van der Waals surface area contributed by atoms with Gasteiger partial charge in [0.2, 0.25) is 0 Å². The molecule has 0 spiro atoms. The zero-order valence-corrected chi connectivity index (χ0v) is 19.3. The van der Waals surface area contributed by atoms with Gasteiger partial charge in [-0.25, -0.2) is 4.99 Å². The number of hydrogen-bond donors (Lipinski definition) is 4. The van der Waals surface area contributed by atoms with Gasteiger partial charge in [-0.3, -0.25) is 5.41 Å². The molecule has 2 unspecified atom stereocenters. The number of aromatic amines is 1. The first-order valence-electron chi connectivity index (χ1n) is 10.9. The molecule has 0 fully saturated rings. The summed E-state index contributed by atoms with van der Waals surface area (Å²) in [6, 6.07) is 10.5. The average molecular weight is 430 g/mol. The van der Waals surface area contributed by atoms with Gasteiger partial charge in [0.15, 0.2) is 5.88 Å². The fourth-order valence-corrected chi connectivity index (χ4v) is 4.10. The smallest absolute Gasteiger partial charge is 0.198 e. The van der Waals surface area contributed by atoms with Gasteiger partial charge in [-0.05, 0) is 57.2 Å². The number of aromatic hydroxyl groups is 1. The lowest BCUT2D eigenvalue weighted by Gasteiger charge is -2.25. The van der Waals surface area contributed by atoms with Crippen LogP contribution in [0.2, 0.25) is 0 Å². The fraction of sp³-hybridized carbons (Fsp3) is 0.346. The Kier molecular flexibility index (Phi) is 6.69. The molecule has 4 N–H and O–H groups in total. The number of nitrogens with zero attached hydrogens (tertiary/aromatic N) is 2. The summed E-state index contributed by atoms with van der Waals surface area (Å²) in [5, 5.41) is 32.6. The molecule has 1 aliphatic rings. The van der Waals surface area contributed by atoms with E-state index in [0.29, 0.717) is 17.2 Å². The molecule has 0 saturated heterocycles. The number of hydrogen-bond acceptors (Lipinski definition) is 4. The number of benzene rings is 1. The van der Waals surface area contributed by atoms with Crippen molar-refractivity contribution in [3.8, 4) is 11.9 Å². The third kappa shape index (κ3) is 4.83. The Hall–Kier alpha value is -3.59. The molecule has 32 heavy (non-hydrogen) atoms. The van der Waals surface area contributed by atoms with E-state index < -0.39 is 5.54 Å². The van der Waals surface area contributed by atoms with Crippen LogP contribution in [0, 0.1) is 29.6 Å². The van der Waals surface area contributed by atoms with Crippen molar-refractivity contribution in [2.24, 2.45) is 10.9 Å². The first-order valence-corrected chi connectivity index (χ1v) is 10.9. The van der Waals surface area contributed by atoms with Crippen molar-refractivity contribution < 1.29 is 5.11 Å². The van der Waals surface area contributed by atoms with Gasteiger partial charge in [0.05, 0.1) is 17.3 Å². The van der Waals surface area contributed by atoms with E-state index in [0.717, 1.165) is 17.0 Å².